The summed E-state index contributed by atoms with van der Waals surface area (Å²) in [6, 6.07) is 5.83. The number of carbonyl (C=O) groups excluding carboxylic acids is 1. The SMILES string of the molecule is CN(C)C(=O)c1cn(C2CCCCC2)c2cccc(N)c2c1=O. The average Bonchev–Trinajstić information content (AvgIpc) is 2.55. The minimum atomic E-state index is -0.274. The molecular weight excluding hydrogens is 290 g/mol. The molecule has 1 aromatic heterocycles. The third-order valence-corrected chi connectivity index (χ3v) is 4.70. The van der Waals surface area contributed by atoms with Crippen molar-refractivity contribution in [1.82, 2.24) is 9.47 Å². The minimum Gasteiger partial charge on any atom is -0.398 e. The lowest BCUT2D eigenvalue weighted by Crippen LogP contribution is -2.30. The summed E-state index contributed by atoms with van der Waals surface area (Å²) < 4.78 is 2.10. The Bertz CT molecular complexity index is 802. The lowest BCUT2D eigenvalue weighted by Gasteiger charge is -2.27. The first-order valence-electron chi connectivity index (χ1n) is 8.15. The fraction of sp³-hybridized carbons (Fsp3) is 0.444. The summed E-state index contributed by atoms with van der Waals surface area (Å²) in [4.78, 5) is 26.7. The van der Waals surface area contributed by atoms with E-state index in [9.17, 15) is 9.59 Å². The van der Waals surface area contributed by atoms with Crippen LogP contribution in [0.25, 0.3) is 10.9 Å². The van der Waals surface area contributed by atoms with Crippen molar-refractivity contribution in [2.24, 2.45) is 0 Å². The molecule has 1 saturated carbocycles. The smallest absolute Gasteiger partial charge is 0.258 e. The molecule has 0 radical (unpaired) electrons. The molecule has 1 aliphatic carbocycles. The lowest BCUT2D eigenvalue weighted by atomic mass is 9.94. The van der Waals surface area contributed by atoms with Crippen LogP contribution in [0, 0.1) is 0 Å². The summed E-state index contributed by atoms with van der Waals surface area (Å²) in [5, 5.41) is 0.464. The van der Waals surface area contributed by atoms with Crippen molar-refractivity contribution in [3.63, 3.8) is 0 Å². The fourth-order valence-corrected chi connectivity index (χ4v) is 3.48. The van der Waals surface area contributed by atoms with Gasteiger partial charge >= 0.3 is 0 Å². The number of nitrogens with zero attached hydrogens (tertiary/aromatic N) is 2. The summed E-state index contributed by atoms with van der Waals surface area (Å²) in [5.74, 6) is -0.273. The van der Waals surface area contributed by atoms with Gasteiger partial charge in [0.2, 0.25) is 5.43 Å². The molecule has 0 saturated heterocycles. The molecule has 122 valence electrons. The molecule has 1 fully saturated rings. The number of rotatable bonds is 2. The normalized spacial score (nSPS) is 15.7. The highest BCUT2D eigenvalue weighted by Crippen LogP contribution is 2.31. The highest BCUT2D eigenvalue weighted by Gasteiger charge is 2.22. The maximum Gasteiger partial charge on any atom is 0.258 e. The number of hydrogen-bond acceptors (Lipinski definition) is 3. The van der Waals surface area contributed by atoms with E-state index in [1.165, 1.54) is 24.2 Å². The largest absolute Gasteiger partial charge is 0.398 e. The van der Waals surface area contributed by atoms with Crippen molar-refractivity contribution >= 4 is 22.5 Å². The van der Waals surface area contributed by atoms with Gasteiger partial charge in [-0.25, -0.2) is 0 Å². The average molecular weight is 313 g/mol. The summed E-state index contributed by atoms with van der Waals surface area (Å²) in [6.07, 6.45) is 7.49. The Hall–Kier alpha value is -2.30. The highest BCUT2D eigenvalue weighted by atomic mass is 16.2. The molecule has 23 heavy (non-hydrogen) atoms. The Morgan fingerprint density at radius 1 is 1.22 bits per heavy atom. The van der Waals surface area contributed by atoms with Crippen LogP contribution in [0.3, 0.4) is 0 Å². The molecule has 0 atom stereocenters. The van der Waals surface area contributed by atoms with Crippen LogP contribution in [0.4, 0.5) is 5.69 Å². The van der Waals surface area contributed by atoms with E-state index in [1.54, 1.807) is 26.4 Å². The molecule has 3 rings (SSSR count). The van der Waals surface area contributed by atoms with Crippen LogP contribution in [0.5, 0.6) is 0 Å². The molecule has 0 bridgehead atoms. The van der Waals surface area contributed by atoms with E-state index in [0.29, 0.717) is 17.1 Å². The van der Waals surface area contributed by atoms with Gasteiger partial charge in [-0.15, -0.1) is 0 Å². The molecule has 0 unspecified atom stereocenters. The van der Waals surface area contributed by atoms with Crippen LogP contribution in [0.15, 0.2) is 29.2 Å². The van der Waals surface area contributed by atoms with Gasteiger partial charge in [0.1, 0.15) is 5.56 Å². The van der Waals surface area contributed by atoms with Crippen LogP contribution in [-0.4, -0.2) is 29.5 Å². The van der Waals surface area contributed by atoms with E-state index in [1.807, 2.05) is 12.1 Å². The number of nitrogen functional groups attached to an aromatic ring is 1. The second kappa shape index (κ2) is 6.07. The Labute approximate surface area is 135 Å². The van der Waals surface area contributed by atoms with Gasteiger partial charge in [-0.05, 0) is 25.0 Å². The van der Waals surface area contributed by atoms with Gasteiger partial charge in [-0.2, -0.15) is 0 Å². The molecule has 1 aromatic carbocycles. The highest BCUT2D eigenvalue weighted by molar-refractivity contribution is 6.00. The predicted molar refractivity (Wildman–Crippen MR) is 92.8 cm³/mol. The van der Waals surface area contributed by atoms with Crippen LogP contribution < -0.4 is 11.2 Å². The zero-order valence-electron chi connectivity index (χ0n) is 13.7. The van der Waals surface area contributed by atoms with Crippen LogP contribution in [0.2, 0.25) is 0 Å². The zero-order chi connectivity index (χ0) is 16.6. The molecule has 1 heterocycles. The Balaban J connectivity index is 2.29. The van der Waals surface area contributed by atoms with Gasteiger partial charge in [-0.1, -0.05) is 25.3 Å². The van der Waals surface area contributed by atoms with E-state index >= 15 is 0 Å². The number of benzene rings is 1. The molecule has 0 aliphatic heterocycles. The first-order chi connectivity index (χ1) is 11.0. The van der Waals surface area contributed by atoms with Crippen molar-refractivity contribution in [3.8, 4) is 0 Å². The van der Waals surface area contributed by atoms with Crippen LogP contribution in [0.1, 0.15) is 48.5 Å². The van der Waals surface area contributed by atoms with Gasteiger partial charge in [0.05, 0.1) is 10.9 Å². The Morgan fingerprint density at radius 2 is 1.91 bits per heavy atom. The van der Waals surface area contributed by atoms with Gasteiger partial charge < -0.3 is 15.2 Å². The number of fused-ring (bicyclic) bond motifs is 1. The lowest BCUT2D eigenvalue weighted by molar-refractivity contribution is 0.0825. The summed E-state index contributed by atoms with van der Waals surface area (Å²) in [7, 11) is 3.32. The molecule has 0 spiro atoms. The van der Waals surface area contributed by atoms with E-state index in [2.05, 4.69) is 4.57 Å². The van der Waals surface area contributed by atoms with E-state index in [0.717, 1.165) is 18.4 Å². The second-order valence-electron chi connectivity index (χ2n) is 6.51. The standard InChI is InChI=1S/C18H23N3O2/c1-20(2)18(23)13-11-21(12-7-4-3-5-8-12)15-10-6-9-14(19)16(15)17(13)22/h6,9-12H,3-5,7-8,19H2,1-2H3. The molecule has 2 aromatic rings. The van der Waals surface area contributed by atoms with Gasteiger partial charge in [0, 0.05) is 32.0 Å². The topological polar surface area (TPSA) is 68.3 Å². The molecule has 1 aliphatic rings. The van der Waals surface area contributed by atoms with E-state index in [4.69, 9.17) is 5.73 Å². The second-order valence-corrected chi connectivity index (χ2v) is 6.51. The minimum absolute atomic E-state index is 0.200. The molecule has 5 heteroatoms. The molecule has 5 nitrogen and oxygen atoms in total. The summed E-state index contributed by atoms with van der Waals surface area (Å²) in [5.41, 5.74) is 7.25. The summed E-state index contributed by atoms with van der Waals surface area (Å²) >= 11 is 0. The van der Waals surface area contributed by atoms with Gasteiger partial charge in [0.25, 0.3) is 5.91 Å². The van der Waals surface area contributed by atoms with Crippen molar-refractivity contribution in [2.45, 2.75) is 38.1 Å². The number of carbonyl (C=O) groups is 1. The number of hydrogen-bond donors (Lipinski definition) is 1. The first-order valence-corrected chi connectivity index (χ1v) is 8.15. The third kappa shape index (κ3) is 2.71. The molecule has 1 amide bonds. The van der Waals surface area contributed by atoms with Gasteiger partial charge in [-0.3, -0.25) is 9.59 Å². The number of amides is 1. The molecular formula is C18H23N3O2. The quantitative estimate of drug-likeness (QED) is 0.867. The maximum absolute atomic E-state index is 12.8. The number of anilines is 1. The number of nitrogens with two attached hydrogens (primary N) is 1. The number of aromatic nitrogens is 1. The van der Waals surface area contributed by atoms with Crippen molar-refractivity contribution in [3.05, 3.63) is 40.2 Å². The third-order valence-electron chi connectivity index (χ3n) is 4.70. The van der Waals surface area contributed by atoms with Crippen molar-refractivity contribution in [2.75, 3.05) is 19.8 Å². The fourth-order valence-electron chi connectivity index (χ4n) is 3.48. The van der Waals surface area contributed by atoms with E-state index in [-0.39, 0.29) is 16.9 Å². The summed E-state index contributed by atoms with van der Waals surface area (Å²) in [6.45, 7) is 0. The number of pyridine rings is 1. The van der Waals surface area contributed by atoms with Crippen LogP contribution in [-0.2, 0) is 0 Å². The predicted octanol–water partition coefficient (Wildman–Crippen LogP) is 2.79. The van der Waals surface area contributed by atoms with Crippen molar-refractivity contribution in [1.29, 1.82) is 0 Å². The molecule has 2 N–H and O–H groups in total. The first kappa shape index (κ1) is 15.6. The Kier molecular flexibility index (Phi) is 4.11. The van der Waals surface area contributed by atoms with E-state index < -0.39 is 0 Å². The monoisotopic (exact) mass is 313 g/mol. The zero-order valence-corrected chi connectivity index (χ0v) is 13.7. The maximum atomic E-state index is 12.8. The van der Waals surface area contributed by atoms with Gasteiger partial charge in [0.15, 0.2) is 0 Å². The Morgan fingerprint density at radius 3 is 2.57 bits per heavy atom. The van der Waals surface area contributed by atoms with Crippen molar-refractivity contribution < 1.29 is 4.79 Å². The van der Waals surface area contributed by atoms with Crippen LogP contribution >= 0.6 is 0 Å².